The summed E-state index contributed by atoms with van der Waals surface area (Å²) >= 11 is 0. The lowest BCUT2D eigenvalue weighted by atomic mass is 10.2. The van der Waals surface area contributed by atoms with E-state index in [1.165, 1.54) is 43.9 Å². The maximum Gasteiger partial charge on any atom is 0.244 e. The number of rotatable bonds is 5. The Labute approximate surface area is 153 Å². The van der Waals surface area contributed by atoms with Gasteiger partial charge in [-0.1, -0.05) is 31.0 Å². The number of carbonyl (C=O) groups excluding carboxylic acids is 1. The summed E-state index contributed by atoms with van der Waals surface area (Å²) in [6.07, 6.45) is 9.98. The van der Waals surface area contributed by atoms with Crippen LogP contribution in [0.3, 0.4) is 0 Å². The standard InChI is InChI=1S/C21H24FN3O/c22-19-9-5-17(6-10-19)8-12-21(26)24-16-18-7-11-20(23-15-18)25-13-3-1-2-4-14-25/h5-12,15H,1-4,13-14,16H2,(H,24,26)/b12-8+. The van der Waals surface area contributed by atoms with Crippen molar-refractivity contribution in [2.45, 2.75) is 32.2 Å². The molecule has 0 aliphatic carbocycles. The Hall–Kier alpha value is -2.69. The third-order valence-corrected chi connectivity index (χ3v) is 4.50. The van der Waals surface area contributed by atoms with Crippen molar-refractivity contribution in [1.29, 1.82) is 0 Å². The molecule has 1 N–H and O–H groups in total. The van der Waals surface area contributed by atoms with Crippen molar-refractivity contribution >= 4 is 17.8 Å². The molecule has 3 rings (SSSR count). The predicted octanol–water partition coefficient (Wildman–Crippen LogP) is 3.93. The van der Waals surface area contributed by atoms with Crippen LogP contribution in [0.4, 0.5) is 10.2 Å². The van der Waals surface area contributed by atoms with Crippen molar-refractivity contribution in [3.05, 3.63) is 65.6 Å². The number of carbonyl (C=O) groups is 1. The molecule has 1 aromatic heterocycles. The molecule has 4 nitrogen and oxygen atoms in total. The number of aromatic nitrogens is 1. The molecule has 1 saturated heterocycles. The zero-order chi connectivity index (χ0) is 18.2. The molecular formula is C21H24FN3O. The Morgan fingerprint density at radius 1 is 1.08 bits per heavy atom. The molecule has 1 amide bonds. The summed E-state index contributed by atoms with van der Waals surface area (Å²) in [6, 6.07) is 10.0. The average Bonchev–Trinajstić information content (AvgIpc) is 2.96. The minimum Gasteiger partial charge on any atom is -0.357 e. The van der Waals surface area contributed by atoms with Gasteiger partial charge in [-0.25, -0.2) is 9.37 Å². The molecule has 2 aromatic rings. The molecule has 1 aromatic carbocycles. The SMILES string of the molecule is O=C(/C=C/c1ccc(F)cc1)NCc1ccc(N2CCCCCC2)nc1. The van der Waals surface area contributed by atoms with E-state index in [1.54, 1.807) is 18.2 Å². The van der Waals surface area contributed by atoms with Crippen molar-refractivity contribution in [2.75, 3.05) is 18.0 Å². The zero-order valence-electron chi connectivity index (χ0n) is 14.8. The van der Waals surface area contributed by atoms with Gasteiger partial charge in [-0.15, -0.1) is 0 Å². The molecule has 5 heteroatoms. The van der Waals surface area contributed by atoms with Gasteiger partial charge in [0.1, 0.15) is 11.6 Å². The second-order valence-corrected chi connectivity index (χ2v) is 6.53. The molecule has 1 aliphatic heterocycles. The van der Waals surface area contributed by atoms with E-state index in [-0.39, 0.29) is 11.7 Å². The Balaban J connectivity index is 1.49. The number of hydrogen-bond acceptors (Lipinski definition) is 3. The number of amides is 1. The largest absolute Gasteiger partial charge is 0.357 e. The highest BCUT2D eigenvalue weighted by Gasteiger charge is 2.10. The lowest BCUT2D eigenvalue weighted by Gasteiger charge is -2.21. The summed E-state index contributed by atoms with van der Waals surface area (Å²) in [4.78, 5) is 18.8. The highest BCUT2D eigenvalue weighted by atomic mass is 19.1. The fourth-order valence-electron chi connectivity index (χ4n) is 3.00. The van der Waals surface area contributed by atoms with Crippen LogP contribution < -0.4 is 10.2 Å². The maximum absolute atomic E-state index is 12.8. The Morgan fingerprint density at radius 2 is 1.81 bits per heavy atom. The van der Waals surface area contributed by atoms with E-state index in [2.05, 4.69) is 15.2 Å². The third-order valence-electron chi connectivity index (χ3n) is 4.50. The number of halogens is 1. The average molecular weight is 353 g/mol. The molecule has 0 radical (unpaired) electrons. The number of benzene rings is 1. The summed E-state index contributed by atoms with van der Waals surface area (Å²) in [5, 5.41) is 2.84. The summed E-state index contributed by atoms with van der Waals surface area (Å²) in [5.41, 5.74) is 1.75. The first-order valence-electron chi connectivity index (χ1n) is 9.12. The van der Waals surface area contributed by atoms with Gasteiger partial charge in [-0.3, -0.25) is 4.79 Å². The number of pyridine rings is 1. The van der Waals surface area contributed by atoms with Gasteiger partial charge in [0, 0.05) is 31.9 Å². The van der Waals surface area contributed by atoms with Crippen LogP contribution in [0.1, 0.15) is 36.8 Å². The first-order chi connectivity index (χ1) is 12.7. The summed E-state index contributed by atoms with van der Waals surface area (Å²) < 4.78 is 12.8. The van der Waals surface area contributed by atoms with Gasteiger partial charge in [0.2, 0.25) is 5.91 Å². The second-order valence-electron chi connectivity index (χ2n) is 6.53. The Bertz CT molecular complexity index is 733. The fraction of sp³-hybridized carbons (Fsp3) is 0.333. The van der Waals surface area contributed by atoms with Crippen LogP contribution in [-0.4, -0.2) is 24.0 Å². The molecule has 0 atom stereocenters. The molecule has 0 bridgehead atoms. The zero-order valence-corrected chi connectivity index (χ0v) is 14.8. The molecule has 0 unspecified atom stereocenters. The van der Waals surface area contributed by atoms with Gasteiger partial charge in [0.15, 0.2) is 0 Å². The van der Waals surface area contributed by atoms with E-state index in [0.717, 1.165) is 30.0 Å². The van der Waals surface area contributed by atoms with Crippen LogP contribution in [0, 0.1) is 5.82 Å². The molecule has 0 saturated carbocycles. The third kappa shape index (κ3) is 5.41. The van der Waals surface area contributed by atoms with E-state index in [4.69, 9.17) is 0 Å². The van der Waals surface area contributed by atoms with Gasteiger partial charge in [0.05, 0.1) is 0 Å². The topological polar surface area (TPSA) is 45.2 Å². The van der Waals surface area contributed by atoms with Crippen molar-refractivity contribution in [3.8, 4) is 0 Å². The van der Waals surface area contributed by atoms with E-state index in [0.29, 0.717) is 6.54 Å². The highest BCUT2D eigenvalue weighted by Crippen LogP contribution is 2.17. The molecule has 1 aliphatic rings. The minimum absolute atomic E-state index is 0.189. The fourth-order valence-corrected chi connectivity index (χ4v) is 3.00. The van der Waals surface area contributed by atoms with Crippen molar-refractivity contribution in [2.24, 2.45) is 0 Å². The Kier molecular flexibility index (Phi) is 6.36. The first kappa shape index (κ1) is 18.1. The molecular weight excluding hydrogens is 329 g/mol. The minimum atomic E-state index is -0.289. The van der Waals surface area contributed by atoms with Gasteiger partial charge < -0.3 is 10.2 Å². The smallest absolute Gasteiger partial charge is 0.244 e. The van der Waals surface area contributed by atoms with Crippen LogP contribution >= 0.6 is 0 Å². The van der Waals surface area contributed by atoms with Crippen molar-refractivity contribution in [1.82, 2.24) is 10.3 Å². The lowest BCUT2D eigenvalue weighted by molar-refractivity contribution is -0.116. The van der Waals surface area contributed by atoms with Crippen LogP contribution in [0.2, 0.25) is 0 Å². The predicted molar refractivity (Wildman–Crippen MR) is 102 cm³/mol. The van der Waals surface area contributed by atoms with Crippen LogP contribution in [0.15, 0.2) is 48.7 Å². The summed E-state index contributed by atoms with van der Waals surface area (Å²) in [5.74, 6) is 0.534. The molecule has 1 fully saturated rings. The van der Waals surface area contributed by atoms with E-state index in [9.17, 15) is 9.18 Å². The second kappa shape index (κ2) is 9.13. The van der Waals surface area contributed by atoms with Crippen molar-refractivity contribution in [3.63, 3.8) is 0 Å². The van der Waals surface area contributed by atoms with Gasteiger partial charge in [-0.05, 0) is 48.2 Å². The molecule has 0 spiro atoms. The van der Waals surface area contributed by atoms with E-state index in [1.807, 2.05) is 18.3 Å². The van der Waals surface area contributed by atoms with Crippen LogP contribution in [-0.2, 0) is 11.3 Å². The number of nitrogens with one attached hydrogen (secondary N) is 1. The van der Waals surface area contributed by atoms with Crippen molar-refractivity contribution < 1.29 is 9.18 Å². The highest BCUT2D eigenvalue weighted by molar-refractivity contribution is 5.91. The monoisotopic (exact) mass is 353 g/mol. The number of anilines is 1. The van der Waals surface area contributed by atoms with Crippen LogP contribution in [0.25, 0.3) is 6.08 Å². The van der Waals surface area contributed by atoms with Gasteiger partial charge in [-0.2, -0.15) is 0 Å². The molecule has 2 heterocycles. The molecule has 26 heavy (non-hydrogen) atoms. The Morgan fingerprint density at radius 3 is 2.46 bits per heavy atom. The number of hydrogen-bond donors (Lipinski definition) is 1. The van der Waals surface area contributed by atoms with E-state index >= 15 is 0 Å². The van der Waals surface area contributed by atoms with Gasteiger partial charge >= 0.3 is 0 Å². The molecule has 136 valence electrons. The summed E-state index contributed by atoms with van der Waals surface area (Å²) in [6.45, 7) is 2.56. The maximum atomic E-state index is 12.8. The quantitative estimate of drug-likeness (QED) is 0.829. The van der Waals surface area contributed by atoms with E-state index < -0.39 is 0 Å². The van der Waals surface area contributed by atoms with Crippen LogP contribution in [0.5, 0.6) is 0 Å². The summed E-state index contributed by atoms with van der Waals surface area (Å²) in [7, 11) is 0. The normalized spacial score (nSPS) is 15.0. The van der Waals surface area contributed by atoms with Gasteiger partial charge in [0.25, 0.3) is 0 Å². The lowest BCUT2D eigenvalue weighted by Crippen LogP contribution is -2.25. The first-order valence-corrected chi connectivity index (χ1v) is 9.12. The number of nitrogens with zero attached hydrogens (tertiary/aromatic N) is 2.